The molecule has 0 aliphatic carbocycles. The van der Waals surface area contributed by atoms with E-state index in [4.69, 9.17) is 32.1 Å². The number of hydrogen-bond donors (Lipinski definition) is 1. The Morgan fingerprint density at radius 1 is 1.44 bits per heavy atom. The Balaban J connectivity index is 3.37. The molecule has 2 N–H and O–H groups in total. The molecule has 1 rings (SSSR count). The van der Waals surface area contributed by atoms with Gasteiger partial charge in [0.1, 0.15) is 11.6 Å². The second kappa shape index (κ2) is 5.94. The van der Waals surface area contributed by atoms with Crippen molar-refractivity contribution in [2.45, 2.75) is 0 Å². The van der Waals surface area contributed by atoms with Crippen LogP contribution in [0.5, 0.6) is 11.5 Å². The minimum Gasteiger partial charge on any atom is -0.493 e. The lowest BCUT2D eigenvalue weighted by Gasteiger charge is -2.10. The number of rotatable bonds is 4. The van der Waals surface area contributed by atoms with E-state index in [1.165, 1.54) is 20.3 Å². The van der Waals surface area contributed by atoms with Gasteiger partial charge in [0.05, 0.1) is 19.2 Å². The molecule has 0 bridgehead atoms. The van der Waals surface area contributed by atoms with E-state index in [0.717, 1.165) is 0 Å². The van der Waals surface area contributed by atoms with Crippen LogP contribution < -0.4 is 15.2 Å². The molecule has 18 heavy (non-hydrogen) atoms. The second-order valence-corrected chi connectivity index (χ2v) is 3.62. The lowest BCUT2D eigenvalue weighted by atomic mass is 10.1. The van der Waals surface area contributed by atoms with Gasteiger partial charge < -0.3 is 15.2 Å². The molecule has 1 amide bonds. The zero-order valence-corrected chi connectivity index (χ0v) is 10.6. The van der Waals surface area contributed by atoms with Crippen LogP contribution in [0, 0.1) is 11.3 Å². The van der Waals surface area contributed by atoms with E-state index in [9.17, 15) is 4.79 Å². The molecule has 0 unspecified atom stereocenters. The molecule has 0 heterocycles. The van der Waals surface area contributed by atoms with Gasteiger partial charge >= 0.3 is 0 Å². The second-order valence-electron chi connectivity index (χ2n) is 3.24. The first-order chi connectivity index (χ1) is 8.54. The predicted molar refractivity (Wildman–Crippen MR) is 67.3 cm³/mol. The van der Waals surface area contributed by atoms with Crippen molar-refractivity contribution in [1.29, 1.82) is 5.26 Å². The van der Waals surface area contributed by atoms with E-state index in [1.54, 1.807) is 18.2 Å². The van der Waals surface area contributed by atoms with E-state index in [-0.39, 0.29) is 10.6 Å². The van der Waals surface area contributed by atoms with Gasteiger partial charge in [0.25, 0.3) is 5.91 Å². The van der Waals surface area contributed by atoms with Crippen molar-refractivity contribution in [2.24, 2.45) is 5.73 Å². The Hall–Kier alpha value is -2.19. The van der Waals surface area contributed by atoms with Gasteiger partial charge in [0.15, 0.2) is 11.5 Å². The van der Waals surface area contributed by atoms with Crippen molar-refractivity contribution in [2.75, 3.05) is 14.2 Å². The number of amides is 1. The summed E-state index contributed by atoms with van der Waals surface area (Å²) in [6, 6.07) is 4.92. The van der Waals surface area contributed by atoms with Crippen molar-refractivity contribution in [3.63, 3.8) is 0 Å². The summed E-state index contributed by atoms with van der Waals surface area (Å²) in [5, 5.41) is 9.00. The van der Waals surface area contributed by atoms with Gasteiger partial charge in [-0.25, -0.2) is 0 Å². The molecule has 5 nitrogen and oxygen atoms in total. The topological polar surface area (TPSA) is 85.3 Å². The Kier molecular flexibility index (Phi) is 4.58. The smallest absolute Gasteiger partial charge is 0.259 e. The summed E-state index contributed by atoms with van der Waals surface area (Å²) in [7, 11) is 2.92. The molecule has 0 spiro atoms. The number of primary amides is 1. The summed E-state index contributed by atoms with van der Waals surface area (Å²) < 4.78 is 10.2. The number of carbonyl (C=O) groups is 1. The standard InChI is InChI=1S/C12H11ClN2O3/c1-17-9-4-3-7(10(13)11(9)18-2)5-8(6-14)12(15)16/h3-5H,1-2H3,(H2,15,16)/b8-5-. The number of nitriles is 1. The fraction of sp³-hybridized carbons (Fsp3) is 0.167. The normalized spacial score (nSPS) is 10.7. The maximum atomic E-state index is 11.0. The fourth-order valence-corrected chi connectivity index (χ4v) is 1.62. The molecular weight excluding hydrogens is 256 g/mol. The SMILES string of the molecule is COc1ccc(/C=C(/C#N)C(N)=O)c(Cl)c1OC. The third-order valence-electron chi connectivity index (χ3n) is 2.20. The number of nitrogens with zero attached hydrogens (tertiary/aromatic N) is 1. The van der Waals surface area contributed by atoms with Crippen LogP contribution in [-0.2, 0) is 4.79 Å². The highest BCUT2D eigenvalue weighted by atomic mass is 35.5. The highest BCUT2D eigenvalue weighted by Crippen LogP contribution is 2.38. The van der Waals surface area contributed by atoms with E-state index < -0.39 is 5.91 Å². The maximum Gasteiger partial charge on any atom is 0.259 e. The average molecular weight is 267 g/mol. The van der Waals surface area contributed by atoms with Gasteiger partial charge in [0.2, 0.25) is 0 Å². The minimum absolute atomic E-state index is 0.191. The van der Waals surface area contributed by atoms with Crippen LogP contribution in [0.25, 0.3) is 6.08 Å². The Morgan fingerprint density at radius 3 is 2.56 bits per heavy atom. The first-order valence-corrected chi connectivity index (χ1v) is 5.25. The number of carbonyl (C=O) groups excluding carboxylic acids is 1. The first-order valence-electron chi connectivity index (χ1n) is 4.87. The summed E-state index contributed by atoms with van der Waals surface area (Å²) in [6.45, 7) is 0. The number of benzene rings is 1. The molecule has 1 aromatic rings. The molecule has 94 valence electrons. The minimum atomic E-state index is -0.816. The van der Waals surface area contributed by atoms with E-state index in [2.05, 4.69) is 0 Å². The van der Waals surface area contributed by atoms with Crippen LogP contribution >= 0.6 is 11.6 Å². The lowest BCUT2D eigenvalue weighted by Crippen LogP contribution is -2.12. The molecule has 0 aliphatic heterocycles. The van der Waals surface area contributed by atoms with Crippen molar-refractivity contribution in [1.82, 2.24) is 0 Å². The maximum absolute atomic E-state index is 11.0. The Bertz CT molecular complexity index is 547. The third kappa shape index (κ3) is 2.73. The van der Waals surface area contributed by atoms with Crippen LogP contribution in [0.15, 0.2) is 17.7 Å². The van der Waals surface area contributed by atoms with Gasteiger partial charge in [-0.15, -0.1) is 0 Å². The van der Waals surface area contributed by atoms with Gasteiger partial charge in [-0.05, 0) is 23.8 Å². The van der Waals surface area contributed by atoms with Crippen LogP contribution in [0.1, 0.15) is 5.56 Å². The van der Waals surface area contributed by atoms with Crippen molar-refractivity contribution in [3.8, 4) is 17.6 Å². The molecule has 0 saturated carbocycles. The zero-order chi connectivity index (χ0) is 13.7. The van der Waals surface area contributed by atoms with Crippen LogP contribution in [-0.4, -0.2) is 20.1 Å². The van der Waals surface area contributed by atoms with Gasteiger partial charge in [-0.3, -0.25) is 4.79 Å². The van der Waals surface area contributed by atoms with Crippen LogP contribution in [0.4, 0.5) is 0 Å². The molecule has 0 fully saturated rings. The molecule has 0 atom stereocenters. The molecule has 0 saturated heterocycles. The van der Waals surface area contributed by atoms with Gasteiger partial charge in [0, 0.05) is 0 Å². The van der Waals surface area contributed by atoms with Gasteiger partial charge in [-0.1, -0.05) is 11.6 Å². The fourth-order valence-electron chi connectivity index (χ4n) is 1.33. The monoisotopic (exact) mass is 266 g/mol. The summed E-state index contributed by atoms with van der Waals surface area (Å²) in [5.74, 6) is -0.0322. The highest BCUT2D eigenvalue weighted by molar-refractivity contribution is 6.34. The molecule has 0 aromatic heterocycles. The molecule has 0 aliphatic rings. The van der Waals surface area contributed by atoms with Crippen molar-refractivity contribution in [3.05, 3.63) is 28.3 Å². The number of hydrogen-bond acceptors (Lipinski definition) is 4. The average Bonchev–Trinajstić information content (AvgIpc) is 2.36. The molecular formula is C12H11ClN2O3. The molecule has 0 radical (unpaired) electrons. The summed E-state index contributed by atoms with van der Waals surface area (Å²) >= 11 is 6.09. The number of methoxy groups -OCH3 is 2. The summed E-state index contributed by atoms with van der Waals surface area (Å²) in [4.78, 5) is 11.0. The molecule has 6 heteroatoms. The number of halogens is 1. The Labute approximate surface area is 109 Å². The summed E-state index contributed by atoms with van der Waals surface area (Å²) in [5.41, 5.74) is 5.30. The first kappa shape index (κ1) is 13.9. The lowest BCUT2D eigenvalue weighted by molar-refractivity contribution is -0.114. The van der Waals surface area contributed by atoms with Gasteiger partial charge in [-0.2, -0.15) is 5.26 Å². The van der Waals surface area contributed by atoms with E-state index >= 15 is 0 Å². The summed E-state index contributed by atoms with van der Waals surface area (Å²) in [6.07, 6.45) is 1.30. The quantitative estimate of drug-likeness (QED) is 0.664. The Morgan fingerprint density at radius 2 is 2.11 bits per heavy atom. The number of nitrogens with two attached hydrogens (primary N) is 1. The molecule has 1 aromatic carbocycles. The van der Waals surface area contributed by atoms with E-state index in [0.29, 0.717) is 17.1 Å². The predicted octanol–water partition coefficient (Wildman–Crippen LogP) is 1.75. The highest BCUT2D eigenvalue weighted by Gasteiger charge is 2.13. The third-order valence-corrected chi connectivity index (χ3v) is 2.59. The zero-order valence-electron chi connectivity index (χ0n) is 9.86. The van der Waals surface area contributed by atoms with Crippen molar-refractivity contribution < 1.29 is 14.3 Å². The van der Waals surface area contributed by atoms with E-state index in [1.807, 2.05) is 0 Å². The largest absolute Gasteiger partial charge is 0.493 e. The van der Waals surface area contributed by atoms with Crippen molar-refractivity contribution >= 4 is 23.6 Å². The van der Waals surface area contributed by atoms with Crippen LogP contribution in [0.2, 0.25) is 5.02 Å². The number of ether oxygens (including phenoxy) is 2. The van der Waals surface area contributed by atoms with Crippen LogP contribution in [0.3, 0.4) is 0 Å².